The quantitative estimate of drug-likeness (QED) is 0.919. The van der Waals surface area contributed by atoms with Gasteiger partial charge in [-0.2, -0.15) is 5.26 Å². The Balaban J connectivity index is 2.38. The van der Waals surface area contributed by atoms with Crippen LogP contribution < -0.4 is 4.72 Å². The molecule has 21 heavy (non-hydrogen) atoms. The first-order valence-corrected chi connectivity index (χ1v) is 8.87. The fourth-order valence-corrected chi connectivity index (χ4v) is 4.56. The van der Waals surface area contributed by atoms with E-state index < -0.39 is 10.0 Å². The largest absolute Gasteiger partial charge is 0.242 e. The second-order valence-corrected chi connectivity index (χ2v) is 7.63. The maximum Gasteiger partial charge on any atom is 0.242 e. The smallest absolute Gasteiger partial charge is 0.207 e. The molecule has 0 aliphatic rings. The third-order valence-electron chi connectivity index (χ3n) is 3.10. The lowest BCUT2D eigenvalue weighted by Gasteiger charge is -2.21. The summed E-state index contributed by atoms with van der Waals surface area (Å²) in [6.45, 7) is 3.92. The van der Waals surface area contributed by atoms with E-state index in [1.807, 2.05) is 37.4 Å². The molecule has 1 atom stereocenters. The molecule has 2 rings (SSSR count). The average Bonchev–Trinajstić information content (AvgIpc) is 2.98. The first kappa shape index (κ1) is 15.7. The number of hydrogen-bond donors (Lipinski definition) is 1. The summed E-state index contributed by atoms with van der Waals surface area (Å²) < 4.78 is 27.8. The molecule has 0 amide bonds. The summed E-state index contributed by atoms with van der Waals surface area (Å²) in [6.07, 6.45) is 0. The Morgan fingerprint density at radius 3 is 2.48 bits per heavy atom. The molecule has 4 nitrogen and oxygen atoms in total. The van der Waals surface area contributed by atoms with E-state index >= 15 is 0 Å². The third-order valence-corrected chi connectivity index (χ3v) is 5.55. The van der Waals surface area contributed by atoms with Gasteiger partial charge in [0.1, 0.15) is 6.07 Å². The van der Waals surface area contributed by atoms with Gasteiger partial charge in [0, 0.05) is 4.88 Å². The van der Waals surface area contributed by atoms with Crippen molar-refractivity contribution in [1.82, 2.24) is 4.72 Å². The summed E-state index contributed by atoms with van der Waals surface area (Å²) in [4.78, 5) is 0.984. The highest BCUT2D eigenvalue weighted by molar-refractivity contribution is 7.89. The Morgan fingerprint density at radius 1 is 1.19 bits per heavy atom. The second-order valence-electron chi connectivity index (χ2n) is 4.97. The monoisotopic (exact) mass is 320 g/mol. The van der Waals surface area contributed by atoms with Gasteiger partial charge < -0.3 is 0 Å². The molecule has 0 spiro atoms. The maximum absolute atomic E-state index is 12.6. The summed E-state index contributed by atoms with van der Waals surface area (Å²) in [5.41, 5.74) is 0.152. The summed E-state index contributed by atoms with van der Waals surface area (Å²) in [7, 11) is -3.74. The summed E-state index contributed by atoms with van der Waals surface area (Å²) in [5.74, 6) is 0.104. The lowest BCUT2D eigenvalue weighted by molar-refractivity contribution is 0.469. The van der Waals surface area contributed by atoms with Crippen molar-refractivity contribution in [2.75, 3.05) is 0 Å². The van der Waals surface area contributed by atoms with Gasteiger partial charge in [-0.05, 0) is 29.5 Å². The van der Waals surface area contributed by atoms with Gasteiger partial charge in [-0.1, -0.05) is 32.0 Å². The Morgan fingerprint density at radius 2 is 1.90 bits per heavy atom. The lowest BCUT2D eigenvalue weighted by atomic mass is 10.0. The van der Waals surface area contributed by atoms with Crippen molar-refractivity contribution >= 4 is 21.4 Å². The molecule has 6 heteroatoms. The Bertz CT molecular complexity index is 744. The van der Waals surface area contributed by atoms with Gasteiger partial charge in [-0.15, -0.1) is 11.3 Å². The van der Waals surface area contributed by atoms with Crippen molar-refractivity contribution in [3.8, 4) is 6.07 Å². The van der Waals surface area contributed by atoms with Crippen molar-refractivity contribution in [2.45, 2.75) is 24.8 Å². The highest BCUT2D eigenvalue weighted by Gasteiger charge is 2.26. The third kappa shape index (κ3) is 3.50. The minimum atomic E-state index is -3.74. The van der Waals surface area contributed by atoms with Gasteiger partial charge in [-0.25, -0.2) is 13.1 Å². The van der Waals surface area contributed by atoms with E-state index in [4.69, 9.17) is 5.26 Å². The predicted octanol–water partition coefficient (Wildman–Crippen LogP) is 3.30. The molecule has 0 radical (unpaired) electrons. The van der Waals surface area contributed by atoms with E-state index in [0.717, 1.165) is 4.88 Å². The van der Waals surface area contributed by atoms with E-state index in [1.54, 1.807) is 12.1 Å². The average molecular weight is 320 g/mol. The standard InChI is InChI=1S/C15H16N2O2S2/c1-11(2)15(13-7-5-9-20-13)17-21(18,19)14-8-4-3-6-12(14)10-16/h3-9,11,15,17H,1-2H3. The molecule has 0 fully saturated rings. The number of benzene rings is 1. The van der Waals surface area contributed by atoms with Gasteiger partial charge in [0.2, 0.25) is 10.0 Å². The van der Waals surface area contributed by atoms with Gasteiger partial charge in [0.15, 0.2) is 0 Å². The molecular formula is C15H16N2O2S2. The number of nitrogens with zero attached hydrogens (tertiary/aromatic N) is 1. The van der Waals surface area contributed by atoms with Crippen LogP contribution in [0.15, 0.2) is 46.7 Å². The van der Waals surface area contributed by atoms with Crippen LogP contribution in [0.5, 0.6) is 0 Å². The molecule has 0 aliphatic heterocycles. The molecule has 1 aromatic heterocycles. The van der Waals surface area contributed by atoms with E-state index in [9.17, 15) is 8.42 Å². The highest BCUT2D eigenvalue weighted by atomic mass is 32.2. The van der Waals surface area contributed by atoms with E-state index in [0.29, 0.717) is 0 Å². The first-order chi connectivity index (χ1) is 9.95. The van der Waals surface area contributed by atoms with Crippen LogP contribution in [-0.2, 0) is 10.0 Å². The number of thiophene rings is 1. The van der Waals surface area contributed by atoms with Crippen LogP contribution in [0, 0.1) is 17.2 Å². The zero-order valence-corrected chi connectivity index (χ0v) is 13.4. The zero-order valence-electron chi connectivity index (χ0n) is 11.8. The highest BCUT2D eigenvalue weighted by Crippen LogP contribution is 2.28. The molecule has 0 bridgehead atoms. The van der Waals surface area contributed by atoms with Crippen LogP contribution >= 0.6 is 11.3 Å². The molecule has 110 valence electrons. The second kappa shape index (κ2) is 6.39. The minimum absolute atomic E-state index is 0.0229. The van der Waals surface area contributed by atoms with Gasteiger partial charge in [0.05, 0.1) is 16.5 Å². The molecule has 0 saturated heterocycles. The summed E-state index contributed by atoms with van der Waals surface area (Å²) in [5, 5.41) is 11.0. The minimum Gasteiger partial charge on any atom is -0.207 e. The lowest BCUT2D eigenvalue weighted by Crippen LogP contribution is -2.31. The fraction of sp³-hybridized carbons (Fsp3) is 0.267. The number of hydrogen-bond acceptors (Lipinski definition) is 4. The van der Waals surface area contributed by atoms with Crippen LogP contribution in [0.4, 0.5) is 0 Å². The molecular weight excluding hydrogens is 304 g/mol. The Hall–Kier alpha value is -1.68. The first-order valence-electron chi connectivity index (χ1n) is 6.50. The van der Waals surface area contributed by atoms with E-state index in [2.05, 4.69) is 4.72 Å². The van der Waals surface area contributed by atoms with Gasteiger partial charge >= 0.3 is 0 Å². The van der Waals surface area contributed by atoms with Crippen molar-refractivity contribution in [1.29, 1.82) is 5.26 Å². The van der Waals surface area contributed by atoms with Gasteiger partial charge in [-0.3, -0.25) is 0 Å². The summed E-state index contributed by atoms with van der Waals surface area (Å²) in [6, 6.07) is 11.6. The van der Waals surface area contributed by atoms with Crippen LogP contribution in [-0.4, -0.2) is 8.42 Å². The molecule has 1 unspecified atom stereocenters. The van der Waals surface area contributed by atoms with Crippen molar-refractivity contribution < 1.29 is 8.42 Å². The predicted molar refractivity (Wildman–Crippen MR) is 83.4 cm³/mol. The van der Waals surface area contributed by atoms with Crippen LogP contribution in [0.3, 0.4) is 0 Å². The number of rotatable bonds is 5. The van der Waals surface area contributed by atoms with Crippen LogP contribution in [0.2, 0.25) is 0 Å². The van der Waals surface area contributed by atoms with Crippen molar-refractivity contribution in [3.05, 3.63) is 52.2 Å². The van der Waals surface area contributed by atoms with E-state index in [-0.39, 0.29) is 22.4 Å². The maximum atomic E-state index is 12.6. The molecule has 2 aromatic rings. The molecule has 0 aliphatic carbocycles. The van der Waals surface area contributed by atoms with Crippen molar-refractivity contribution in [2.24, 2.45) is 5.92 Å². The number of nitriles is 1. The van der Waals surface area contributed by atoms with Gasteiger partial charge in [0.25, 0.3) is 0 Å². The topological polar surface area (TPSA) is 70.0 Å². The number of nitrogens with one attached hydrogen (secondary N) is 1. The van der Waals surface area contributed by atoms with Crippen LogP contribution in [0.25, 0.3) is 0 Å². The molecule has 1 aromatic carbocycles. The summed E-state index contributed by atoms with van der Waals surface area (Å²) >= 11 is 1.51. The fourth-order valence-electron chi connectivity index (χ4n) is 2.01. The van der Waals surface area contributed by atoms with E-state index in [1.165, 1.54) is 23.5 Å². The molecule has 1 heterocycles. The Kier molecular flexibility index (Phi) is 4.78. The molecule has 1 N–H and O–H groups in total. The zero-order chi connectivity index (χ0) is 15.5. The molecule has 0 saturated carbocycles. The van der Waals surface area contributed by atoms with Crippen LogP contribution in [0.1, 0.15) is 30.3 Å². The SMILES string of the molecule is CC(C)C(NS(=O)(=O)c1ccccc1C#N)c1cccs1. The number of sulfonamides is 1. The normalized spacial score (nSPS) is 13.0. The Labute approximate surface area is 129 Å². The van der Waals surface area contributed by atoms with Crippen molar-refractivity contribution in [3.63, 3.8) is 0 Å².